The van der Waals surface area contributed by atoms with E-state index < -0.39 is 33.6 Å². The molecule has 3 aromatic rings. The summed E-state index contributed by atoms with van der Waals surface area (Å²) in [5.41, 5.74) is 0.256. The van der Waals surface area contributed by atoms with Crippen LogP contribution >= 0.6 is 0 Å². The molecule has 1 N–H and O–H groups in total. The Balaban J connectivity index is 1.80. The lowest BCUT2D eigenvalue weighted by Gasteiger charge is -2.28. The second-order valence-corrected chi connectivity index (χ2v) is 8.62. The van der Waals surface area contributed by atoms with Crippen LogP contribution in [0.15, 0.2) is 72.8 Å². The molecule has 0 radical (unpaired) electrons. The Morgan fingerprint density at radius 2 is 1.55 bits per heavy atom. The number of halogens is 2. The van der Waals surface area contributed by atoms with Gasteiger partial charge >= 0.3 is 0 Å². The summed E-state index contributed by atoms with van der Waals surface area (Å²) in [5, 5.41) is 2.40. The Morgan fingerprint density at radius 3 is 2.13 bits per heavy atom. The number of hydrogen-bond donors (Lipinski definition) is 1. The molecule has 1 amide bonds. The van der Waals surface area contributed by atoms with Crippen molar-refractivity contribution in [1.29, 1.82) is 0 Å². The molecule has 0 aliphatic rings. The molecular weight excluding hydrogens is 426 g/mol. The molecule has 3 rings (SSSR count). The van der Waals surface area contributed by atoms with Crippen LogP contribution < -0.4 is 14.4 Å². The number of benzene rings is 3. The number of hydrogen-bond acceptors (Lipinski definition) is 4. The summed E-state index contributed by atoms with van der Waals surface area (Å²) in [6, 6.07) is 17.0. The van der Waals surface area contributed by atoms with Gasteiger partial charge in [-0.25, -0.2) is 17.2 Å². The Hall–Kier alpha value is -3.46. The fourth-order valence-corrected chi connectivity index (χ4v) is 4.09. The van der Waals surface area contributed by atoms with Crippen LogP contribution in [0.5, 0.6) is 11.5 Å². The number of ether oxygens (including phenoxy) is 1. The van der Waals surface area contributed by atoms with Gasteiger partial charge in [-0.1, -0.05) is 18.2 Å². The Bertz CT molecular complexity index is 1170. The normalized spacial score (nSPS) is 12.1. The predicted molar refractivity (Wildman–Crippen MR) is 115 cm³/mol. The summed E-state index contributed by atoms with van der Waals surface area (Å²) in [6.07, 6.45) is 0.975. The molecule has 162 valence electrons. The van der Waals surface area contributed by atoms with Gasteiger partial charge in [0.05, 0.1) is 11.9 Å². The van der Waals surface area contributed by atoms with Gasteiger partial charge in [0, 0.05) is 11.8 Å². The van der Waals surface area contributed by atoms with Crippen LogP contribution in [0.1, 0.15) is 6.92 Å². The van der Waals surface area contributed by atoms with E-state index in [9.17, 15) is 22.0 Å². The molecule has 0 bridgehead atoms. The van der Waals surface area contributed by atoms with Gasteiger partial charge in [-0.3, -0.25) is 9.10 Å². The Kier molecular flexibility index (Phi) is 6.55. The molecule has 0 spiro atoms. The van der Waals surface area contributed by atoms with Crippen LogP contribution in [-0.4, -0.2) is 26.6 Å². The average Bonchev–Trinajstić information content (AvgIpc) is 2.72. The van der Waals surface area contributed by atoms with Crippen LogP contribution in [0.2, 0.25) is 0 Å². The number of sulfonamides is 1. The molecule has 0 saturated heterocycles. The highest BCUT2D eigenvalue weighted by Crippen LogP contribution is 2.27. The van der Waals surface area contributed by atoms with Crippen molar-refractivity contribution in [3.05, 3.63) is 84.4 Å². The number of anilines is 2. The van der Waals surface area contributed by atoms with Crippen molar-refractivity contribution in [3.63, 3.8) is 0 Å². The maximum absolute atomic E-state index is 13.4. The van der Waals surface area contributed by atoms with E-state index in [1.807, 2.05) is 18.2 Å². The fourth-order valence-electron chi connectivity index (χ4n) is 2.92. The van der Waals surface area contributed by atoms with Crippen LogP contribution in [0.3, 0.4) is 0 Å². The average molecular weight is 446 g/mol. The monoisotopic (exact) mass is 446 g/mol. The molecule has 1 atom stereocenters. The molecule has 9 heteroatoms. The van der Waals surface area contributed by atoms with E-state index in [0.29, 0.717) is 11.5 Å². The quantitative estimate of drug-likeness (QED) is 0.578. The predicted octanol–water partition coefficient (Wildman–Crippen LogP) is 4.55. The third kappa shape index (κ3) is 5.58. The highest BCUT2D eigenvalue weighted by molar-refractivity contribution is 7.92. The zero-order valence-electron chi connectivity index (χ0n) is 16.7. The van der Waals surface area contributed by atoms with E-state index in [1.165, 1.54) is 25.1 Å². The topological polar surface area (TPSA) is 75.7 Å². The molecule has 6 nitrogen and oxygen atoms in total. The first-order valence-corrected chi connectivity index (χ1v) is 11.1. The summed E-state index contributed by atoms with van der Waals surface area (Å²) in [7, 11) is -3.84. The van der Waals surface area contributed by atoms with Crippen molar-refractivity contribution >= 4 is 27.3 Å². The van der Waals surface area contributed by atoms with Crippen molar-refractivity contribution in [1.82, 2.24) is 0 Å². The number of amides is 1. The van der Waals surface area contributed by atoms with Gasteiger partial charge in [0.2, 0.25) is 15.9 Å². The smallest absolute Gasteiger partial charge is 0.247 e. The third-order valence-electron chi connectivity index (χ3n) is 4.35. The first kappa shape index (κ1) is 22.2. The Labute approximate surface area is 179 Å². The minimum Gasteiger partial charge on any atom is -0.457 e. The number of carbonyl (C=O) groups is 1. The number of rotatable bonds is 7. The zero-order chi connectivity index (χ0) is 22.6. The molecule has 0 unspecified atom stereocenters. The third-order valence-corrected chi connectivity index (χ3v) is 5.59. The highest BCUT2D eigenvalue weighted by atomic mass is 32.2. The lowest BCUT2D eigenvalue weighted by Crippen LogP contribution is -2.45. The molecule has 0 heterocycles. The van der Waals surface area contributed by atoms with Gasteiger partial charge in [0.25, 0.3) is 0 Å². The van der Waals surface area contributed by atoms with Crippen molar-refractivity contribution < 1.29 is 26.7 Å². The zero-order valence-corrected chi connectivity index (χ0v) is 17.6. The number of carbonyl (C=O) groups excluding carboxylic acids is 1. The van der Waals surface area contributed by atoms with Crippen molar-refractivity contribution in [2.75, 3.05) is 15.9 Å². The SMILES string of the molecule is C[C@H](C(=O)Nc1ccc(F)c(F)c1)N(c1ccc(Oc2ccccc2)cc1)S(C)(=O)=O. The summed E-state index contributed by atoms with van der Waals surface area (Å²) in [6.45, 7) is 1.39. The van der Waals surface area contributed by atoms with Gasteiger partial charge in [-0.15, -0.1) is 0 Å². The largest absolute Gasteiger partial charge is 0.457 e. The minimum atomic E-state index is -3.84. The summed E-state index contributed by atoms with van der Waals surface area (Å²) in [5.74, 6) is -1.78. The van der Waals surface area contributed by atoms with E-state index in [4.69, 9.17) is 4.74 Å². The van der Waals surface area contributed by atoms with Crippen molar-refractivity contribution in [3.8, 4) is 11.5 Å². The molecule has 0 aliphatic carbocycles. The molecule has 0 fully saturated rings. The van der Waals surface area contributed by atoms with E-state index in [2.05, 4.69) is 5.32 Å². The number of nitrogens with one attached hydrogen (secondary N) is 1. The molecule has 0 aliphatic heterocycles. The van der Waals surface area contributed by atoms with Crippen LogP contribution in [0.4, 0.5) is 20.2 Å². The minimum absolute atomic E-state index is 0.0100. The fraction of sp³-hybridized carbons (Fsp3) is 0.136. The summed E-state index contributed by atoms with van der Waals surface area (Å²) in [4.78, 5) is 12.6. The lowest BCUT2D eigenvalue weighted by molar-refractivity contribution is -0.116. The second-order valence-electron chi connectivity index (χ2n) is 6.76. The maximum Gasteiger partial charge on any atom is 0.247 e. The standard InChI is InChI=1S/C22H20F2N2O4S/c1-15(22(27)25-16-8-13-20(23)21(24)14-16)26(31(2,28)29)17-9-11-19(12-10-17)30-18-6-4-3-5-7-18/h3-15H,1-2H3,(H,25,27)/t15-/m1/s1. The van der Waals surface area contributed by atoms with Gasteiger partial charge in [-0.05, 0) is 55.5 Å². The molecule has 0 aromatic heterocycles. The van der Waals surface area contributed by atoms with Crippen molar-refractivity contribution in [2.24, 2.45) is 0 Å². The first-order chi connectivity index (χ1) is 14.6. The van der Waals surface area contributed by atoms with Crippen molar-refractivity contribution in [2.45, 2.75) is 13.0 Å². The van der Waals surface area contributed by atoms with E-state index in [1.54, 1.807) is 24.3 Å². The van der Waals surface area contributed by atoms with Crippen LogP contribution in [0, 0.1) is 11.6 Å². The van der Waals surface area contributed by atoms with E-state index >= 15 is 0 Å². The lowest BCUT2D eigenvalue weighted by atomic mass is 10.2. The second kappa shape index (κ2) is 9.13. The summed E-state index contributed by atoms with van der Waals surface area (Å²) < 4.78 is 57.9. The summed E-state index contributed by atoms with van der Waals surface area (Å²) >= 11 is 0. The first-order valence-electron chi connectivity index (χ1n) is 9.23. The number of para-hydroxylation sites is 1. The van der Waals surface area contributed by atoms with Gasteiger partial charge in [-0.2, -0.15) is 0 Å². The van der Waals surface area contributed by atoms with Crippen LogP contribution in [-0.2, 0) is 14.8 Å². The van der Waals surface area contributed by atoms with Gasteiger partial charge in [0.1, 0.15) is 17.5 Å². The van der Waals surface area contributed by atoms with E-state index in [0.717, 1.165) is 22.7 Å². The van der Waals surface area contributed by atoms with Crippen LogP contribution in [0.25, 0.3) is 0 Å². The van der Waals surface area contributed by atoms with E-state index in [-0.39, 0.29) is 11.4 Å². The molecular formula is C22H20F2N2O4S. The van der Waals surface area contributed by atoms with Gasteiger partial charge in [0.15, 0.2) is 11.6 Å². The highest BCUT2D eigenvalue weighted by Gasteiger charge is 2.29. The Morgan fingerprint density at radius 1 is 0.935 bits per heavy atom. The molecule has 0 saturated carbocycles. The maximum atomic E-state index is 13.4. The molecule has 3 aromatic carbocycles. The van der Waals surface area contributed by atoms with Gasteiger partial charge < -0.3 is 10.1 Å². The molecule has 31 heavy (non-hydrogen) atoms. The number of nitrogens with zero attached hydrogens (tertiary/aromatic N) is 1.